The lowest BCUT2D eigenvalue weighted by Gasteiger charge is -2.22. The smallest absolute Gasteiger partial charge is 0.315 e. The molecular weight excluding hydrogens is 268 g/mol. The second-order valence-corrected chi connectivity index (χ2v) is 4.91. The molecule has 3 heterocycles. The van der Waals surface area contributed by atoms with Crippen molar-refractivity contribution in [3.8, 4) is 0 Å². The number of urea groups is 1. The van der Waals surface area contributed by atoms with Crippen molar-refractivity contribution in [1.82, 2.24) is 24.6 Å². The number of fused-ring (bicyclic) bond motifs is 1. The summed E-state index contributed by atoms with van der Waals surface area (Å²) in [5, 5.41) is 5.28. The zero-order valence-corrected chi connectivity index (χ0v) is 10.9. The number of nitrogens with two attached hydrogens (primary N) is 1. The van der Waals surface area contributed by atoms with Crippen molar-refractivity contribution in [3.05, 3.63) is 17.7 Å². The molecule has 0 aliphatic carbocycles. The third kappa shape index (κ3) is 2.21. The quantitative estimate of drug-likeness (QED) is 0.832. The SMILES string of the molecule is NC(=O)N1CCC[C@H]1Cn1ncc2cnc(Cl)nc21. The zero-order chi connectivity index (χ0) is 13.4. The predicted octanol–water partition coefficient (Wildman–Crippen LogP) is 1.02. The summed E-state index contributed by atoms with van der Waals surface area (Å²) in [6.07, 6.45) is 5.20. The van der Waals surface area contributed by atoms with E-state index >= 15 is 0 Å². The van der Waals surface area contributed by atoms with E-state index in [1.165, 1.54) is 0 Å². The molecule has 1 saturated heterocycles. The van der Waals surface area contributed by atoms with Crippen LogP contribution in [0.4, 0.5) is 4.79 Å². The molecule has 100 valence electrons. The zero-order valence-electron chi connectivity index (χ0n) is 10.2. The van der Waals surface area contributed by atoms with Gasteiger partial charge in [0.2, 0.25) is 5.28 Å². The van der Waals surface area contributed by atoms with E-state index in [2.05, 4.69) is 15.1 Å². The summed E-state index contributed by atoms with van der Waals surface area (Å²) in [4.78, 5) is 21.1. The molecule has 8 heteroatoms. The molecule has 1 atom stereocenters. The molecular formula is C11H13ClN6O. The maximum absolute atomic E-state index is 11.3. The number of rotatable bonds is 2. The van der Waals surface area contributed by atoms with E-state index in [-0.39, 0.29) is 17.4 Å². The van der Waals surface area contributed by atoms with Gasteiger partial charge in [-0.05, 0) is 24.4 Å². The monoisotopic (exact) mass is 280 g/mol. The Morgan fingerprint density at radius 1 is 1.53 bits per heavy atom. The highest BCUT2D eigenvalue weighted by molar-refractivity contribution is 6.28. The average Bonchev–Trinajstić information content (AvgIpc) is 2.97. The van der Waals surface area contributed by atoms with Gasteiger partial charge in [-0.15, -0.1) is 0 Å². The summed E-state index contributed by atoms with van der Waals surface area (Å²) in [6.45, 7) is 1.27. The third-order valence-corrected chi connectivity index (χ3v) is 3.57. The first-order valence-corrected chi connectivity index (χ1v) is 6.43. The molecule has 0 spiro atoms. The first kappa shape index (κ1) is 12.2. The van der Waals surface area contributed by atoms with Crippen molar-refractivity contribution in [3.63, 3.8) is 0 Å². The van der Waals surface area contributed by atoms with Gasteiger partial charge in [-0.2, -0.15) is 10.1 Å². The normalized spacial score (nSPS) is 19.2. The summed E-state index contributed by atoms with van der Waals surface area (Å²) in [5.41, 5.74) is 6.04. The minimum Gasteiger partial charge on any atom is -0.351 e. The molecule has 2 aromatic rings. The first-order valence-electron chi connectivity index (χ1n) is 6.05. The third-order valence-electron chi connectivity index (χ3n) is 3.39. The molecule has 19 heavy (non-hydrogen) atoms. The lowest BCUT2D eigenvalue weighted by atomic mass is 10.2. The minimum absolute atomic E-state index is 0.0642. The molecule has 1 fully saturated rings. The predicted molar refractivity (Wildman–Crippen MR) is 69.6 cm³/mol. The average molecular weight is 281 g/mol. The standard InChI is InChI=1S/C11H13ClN6O/c12-10-14-4-7-5-15-18(9(7)16-10)6-8-2-1-3-17(8)11(13)19/h4-5,8H,1-3,6H2,(H2,13,19)/t8-/m0/s1. The van der Waals surface area contributed by atoms with Crippen molar-refractivity contribution in [1.29, 1.82) is 0 Å². The number of primary amides is 1. The molecule has 0 unspecified atom stereocenters. The summed E-state index contributed by atoms with van der Waals surface area (Å²) >= 11 is 5.80. The molecule has 2 N–H and O–H groups in total. The van der Waals surface area contributed by atoms with Crippen molar-refractivity contribution in [2.24, 2.45) is 5.73 Å². The minimum atomic E-state index is -0.383. The molecule has 1 aliphatic rings. The van der Waals surface area contributed by atoms with Crippen molar-refractivity contribution < 1.29 is 4.79 Å². The summed E-state index contributed by atoms with van der Waals surface area (Å²) < 4.78 is 1.74. The fraction of sp³-hybridized carbons (Fsp3) is 0.455. The Morgan fingerprint density at radius 2 is 2.37 bits per heavy atom. The highest BCUT2D eigenvalue weighted by Gasteiger charge is 2.28. The van der Waals surface area contributed by atoms with Gasteiger partial charge in [0.1, 0.15) is 0 Å². The maximum Gasteiger partial charge on any atom is 0.315 e. The van der Waals surface area contributed by atoms with Crippen LogP contribution in [0.15, 0.2) is 12.4 Å². The molecule has 0 saturated carbocycles. The second-order valence-electron chi connectivity index (χ2n) is 4.57. The molecule has 0 bridgehead atoms. The summed E-state index contributed by atoms with van der Waals surface area (Å²) in [6, 6.07) is -0.319. The van der Waals surface area contributed by atoms with Gasteiger partial charge in [0.05, 0.1) is 24.2 Å². The molecule has 3 rings (SSSR count). The number of hydrogen-bond acceptors (Lipinski definition) is 4. The van der Waals surface area contributed by atoms with E-state index < -0.39 is 0 Å². The molecule has 0 aromatic carbocycles. The number of nitrogens with zero attached hydrogens (tertiary/aromatic N) is 5. The molecule has 2 aromatic heterocycles. The van der Waals surface area contributed by atoms with E-state index in [9.17, 15) is 4.79 Å². The van der Waals surface area contributed by atoms with Crippen LogP contribution in [-0.4, -0.2) is 43.3 Å². The van der Waals surface area contributed by atoms with E-state index in [0.29, 0.717) is 18.7 Å². The summed E-state index contributed by atoms with van der Waals surface area (Å²) in [7, 11) is 0. The number of likely N-dealkylation sites (tertiary alicyclic amines) is 1. The van der Waals surface area contributed by atoms with E-state index in [0.717, 1.165) is 18.2 Å². The van der Waals surface area contributed by atoms with Crippen LogP contribution in [0.3, 0.4) is 0 Å². The molecule has 7 nitrogen and oxygen atoms in total. The number of aromatic nitrogens is 4. The lowest BCUT2D eigenvalue weighted by Crippen LogP contribution is -2.41. The Labute approximate surface area is 114 Å². The molecule has 0 radical (unpaired) electrons. The van der Waals surface area contributed by atoms with E-state index in [1.807, 2.05) is 0 Å². The highest BCUT2D eigenvalue weighted by atomic mass is 35.5. The number of halogens is 1. The van der Waals surface area contributed by atoms with Gasteiger partial charge < -0.3 is 10.6 Å². The Balaban J connectivity index is 1.89. The van der Waals surface area contributed by atoms with Crippen LogP contribution in [-0.2, 0) is 6.54 Å². The van der Waals surface area contributed by atoms with Crippen molar-refractivity contribution in [2.75, 3.05) is 6.54 Å². The Bertz CT molecular complexity index is 627. The van der Waals surface area contributed by atoms with Crippen molar-refractivity contribution in [2.45, 2.75) is 25.4 Å². The number of carbonyl (C=O) groups excluding carboxylic acids is 1. The van der Waals surface area contributed by atoms with Crippen LogP contribution in [0.1, 0.15) is 12.8 Å². The van der Waals surface area contributed by atoms with Gasteiger partial charge in [0.25, 0.3) is 0 Å². The van der Waals surface area contributed by atoms with Crippen LogP contribution in [0, 0.1) is 0 Å². The van der Waals surface area contributed by atoms with Gasteiger partial charge in [-0.3, -0.25) is 0 Å². The second kappa shape index (κ2) is 4.65. The van der Waals surface area contributed by atoms with Crippen molar-refractivity contribution >= 4 is 28.7 Å². The fourth-order valence-electron chi connectivity index (χ4n) is 2.49. The number of amides is 2. The maximum atomic E-state index is 11.3. The van der Waals surface area contributed by atoms with Crippen LogP contribution >= 0.6 is 11.6 Å². The Morgan fingerprint density at radius 3 is 3.16 bits per heavy atom. The van der Waals surface area contributed by atoms with Gasteiger partial charge in [0, 0.05) is 12.7 Å². The van der Waals surface area contributed by atoms with Crippen LogP contribution < -0.4 is 5.73 Å². The van der Waals surface area contributed by atoms with Crippen LogP contribution in [0.25, 0.3) is 11.0 Å². The topological polar surface area (TPSA) is 89.9 Å². The number of hydrogen-bond donors (Lipinski definition) is 1. The van der Waals surface area contributed by atoms with Gasteiger partial charge in [-0.1, -0.05) is 0 Å². The largest absolute Gasteiger partial charge is 0.351 e. The first-order chi connectivity index (χ1) is 9.15. The van der Waals surface area contributed by atoms with E-state index in [1.54, 1.807) is 22.0 Å². The molecule has 1 aliphatic heterocycles. The Kier molecular flexibility index (Phi) is 2.98. The Hall–Kier alpha value is -1.89. The van der Waals surface area contributed by atoms with E-state index in [4.69, 9.17) is 17.3 Å². The highest BCUT2D eigenvalue weighted by Crippen LogP contribution is 2.20. The summed E-state index contributed by atoms with van der Waals surface area (Å²) in [5.74, 6) is 0. The van der Waals surface area contributed by atoms with Gasteiger partial charge >= 0.3 is 6.03 Å². The molecule has 2 amide bonds. The lowest BCUT2D eigenvalue weighted by molar-refractivity contribution is 0.196. The van der Waals surface area contributed by atoms with Crippen LogP contribution in [0.2, 0.25) is 5.28 Å². The van der Waals surface area contributed by atoms with Gasteiger partial charge in [-0.25, -0.2) is 14.5 Å². The fourth-order valence-corrected chi connectivity index (χ4v) is 2.62. The van der Waals surface area contributed by atoms with Gasteiger partial charge in [0.15, 0.2) is 5.65 Å². The van der Waals surface area contributed by atoms with Crippen LogP contribution in [0.5, 0.6) is 0 Å². The number of carbonyl (C=O) groups is 1.